The van der Waals surface area contributed by atoms with Gasteiger partial charge in [0.2, 0.25) is 0 Å². The van der Waals surface area contributed by atoms with E-state index in [4.69, 9.17) is 5.11 Å². The molecule has 0 aliphatic rings. The van der Waals surface area contributed by atoms with Crippen molar-refractivity contribution < 1.29 is 9.90 Å². The summed E-state index contributed by atoms with van der Waals surface area (Å²) in [5.74, 6) is -0.907. The Kier molecular flexibility index (Phi) is 2.64. The van der Waals surface area contributed by atoms with Crippen LogP contribution in [-0.2, 0) is 0 Å². The van der Waals surface area contributed by atoms with Crippen LogP contribution in [0.2, 0.25) is 0 Å². The molecule has 0 spiro atoms. The van der Waals surface area contributed by atoms with Crippen molar-refractivity contribution in [3.63, 3.8) is 0 Å². The zero-order valence-corrected chi connectivity index (χ0v) is 9.34. The van der Waals surface area contributed by atoms with E-state index in [0.717, 1.165) is 11.9 Å². The van der Waals surface area contributed by atoms with Crippen molar-refractivity contribution in [2.45, 2.75) is 26.3 Å². The number of nitrogens with zero attached hydrogens (tertiary/aromatic N) is 2. The summed E-state index contributed by atoms with van der Waals surface area (Å²) >= 11 is 0. The number of imidazole rings is 1. The molecule has 0 bridgehead atoms. The van der Waals surface area contributed by atoms with E-state index < -0.39 is 5.97 Å². The molecule has 2 aromatic rings. The Balaban J connectivity index is 2.72. The van der Waals surface area contributed by atoms with Gasteiger partial charge in [0, 0.05) is 6.04 Å². The number of carboxylic acid groups (broad SMARTS) is 1. The number of aromatic nitrogens is 2. The summed E-state index contributed by atoms with van der Waals surface area (Å²) in [5, 5.41) is 9.14. The van der Waals surface area contributed by atoms with Crippen LogP contribution in [0.4, 0.5) is 0 Å². The highest BCUT2D eigenvalue weighted by Gasteiger charge is 2.15. The monoisotopic (exact) mass is 218 g/mol. The number of para-hydroxylation sites is 1. The maximum atomic E-state index is 11.1. The Labute approximate surface area is 93.5 Å². The molecule has 0 aliphatic heterocycles. The lowest BCUT2D eigenvalue weighted by Gasteiger charge is -2.12. The lowest BCUT2D eigenvalue weighted by atomic mass is 10.1. The summed E-state index contributed by atoms with van der Waals surface area (Å²) in [4.78, 5) is 15.4. The first-order chi connectivity index (χ1) is 7.65. The number of rotatable bonds is 3. The summed E-state index contributed by atoms with van der Waals surface area (Å²) in [6.07, 6.45) is 2.66. The van der Waals surface area contributed by atoms with Gasteiger partial charge in [0.1, 0.15) is 0 Å². The van der Waals surface area contributed by atoms with Crippen molar-refractivity contribution in [2.75, 3.05) is 0 Å². The molecule has 1 aromatic carbocycles. The molecule has 0 saturated carbocycles. The number of carbonyl (C=O) groups is 1. The normalized spacial score (nSPS) is 12.9. The SMILES string of the molecule is CCC(C)n1cnc2cccc(C(=O)O)c21. The molecule has 1 aromatic heterocycles. The fourth-order valence-corrected chi connectivity index (χ4v) is 1.79. The molecule has 1 heterocycles. The van der Waals surface area contributed by atoms with Crippen LogP contribution in [0.5, 0.6) is 0 Å². The van der Waals surface area contributed by atoms with Gasteiger partial charge in [0.15, 0.2) is 0 Å². The van der Waals surface area contributed by atoms with E-state index in [0.29, 0.717) is 11.1 Å². The van der Waals surface area contributed by atoms with Gasteiger partial charge in [0.25, 0.3) is 0 Å². The highest BCUT2D eigenvalue weighted by atomic mass is 16.4. The quantitative estimate of drug-likeness (QED) is 0.861. The molecule has 2 rings (SSSR count). The van der Waals surface area contributed by atoms with Gasteiger partial charge < -0.3 is 9.67 Å². The summed E-state index contributed by atoms with van der Waals surface area (Å²) in [5.41, 5.74) is 1.76. The number of fused-ring (bicyclic) bond motifs is 1. The molecule has 84 valence electrons. The Morgan fingerprint density at radius 2 is 2.31 bits per heavy atom. The average Bonchev–Trinajstić information content (AvgIpc) is 2.71. The number of benzene rings is 1. The lowest BCUT2D eigenvalue weighted by Crippen LogP contribution is -2.06. The lowest BCUT2D eigenvalue weighted by molar-refractivity contribution is 0.0698. The molecule has 0 fully saturated rings. The van der Waals surface area contributed by atoms with E-state index in [1.165, 1.54) is 0 Å². The molecular formula is C12H14N2O2. The van der Waals surface area contributed by atoms with Crippen LogP contribution in [0, 0.1) is 0 Å². The second-order valence-corrected chi connectivity index (χ2v) is 3.89. The number of aromatic carboxylic acids is 1. The van der Waals surface area contributed by atoms with Crippen molar-refractivity contribution in [1.29, 1.82) is 0 Å². The minimum atomic E-state index is -0.907. The fraction of sp³-hybridized carbons (Fsp3) is 0.333. The Bertz CT molecular complexity index is 531. The first kappa shape index (κ1) is 10.7. The van der Waals surface area contributed by atoms with Crippen LogP contribution < -0.4 is 0 Å². The Morgan fingerprint density at radius 3 is 2.94 bits per heavy atom. The van der Waals surface area contributed by atoms with Crippen LogP contribution in [0.1, 0.15) is 36.7 Å². The highest BCUT2D eigenvalue weighted by molar-refractivity contribution is 6.01. The molecular weight excluding hydrogens is 204 g/mol. The third-order valence-corrected chi connectivity index (χ3v) is 2.89. The molecule has 1 unspecified atom stereocenters. The molecule has 0 radical (unpaired) electrons. The van der Waals surface area contributed by atoms with Crippen molar-refractivity contribution in [1.82, 2.24) is 9.55 Å². The molecule has 1 N–H and O–H groups in total. The van der Waals surface area contributed by atoms with Crippen LogP contribution in [-0.4, -0.2) is 20.6 Å². The van der Waals surface area contributed by atoms with E-state index in [9.17, 15) is 4.79 Å². The van der Waals surface area contributed by atoms with Gasteiger partial charge in [-0.1, -0.05) is 13.0 Å². The minimum Gasteiger partial charge on any atom is -0.478 e. The molecule has 0 aliphatic carbocycles. The maximum Gasteiger partial charge on any atom is 0.337 e. The first-order valence-electron chi connectivity index (χ1n) is 5.34. The topological polar surface area (TPSA) is 55.1 Å². The highest BCUT2D eigenvalue weighted by Crippen LogP contribution is 2.23. The molecule has 16 heavy (non-hydrogen) atoms. The summed E-state index contributed by atoms with van der Waals surface area (Å²) in [7, 11) is 0. The molecule has 1 atom stereocenters. The van der Waals surface area contributed by atoms with Crippen molar-refractivity contribution in [3.8, 4) is 0 Å². The van der Waals surface area contributed by atoms with E-state index in [1.807, 2.05) is 10.6 Å². The molecule has 0 amide bonds. The van der Waals surface area contributed by atoms with Crippen LogP contribution in [0.25, 0.3) is 11.0 Å². The Morgan fingerprint density at radius 1 is 1.56 bits per heavy atom. The van der Waals surface area contributed by atoms with Crippen LogP contribution >= 0.6 is 0 Å². The van der Waals surface area contributed by atoms with E-state index in [2.05, 4.69) is 18.8 Å². The van der Waals surface area contributed by atoms with Gasteiger partial charge in [-0.2, -0.15) is 0 Å². The standard InChI is InChI=1S/C12H14N2O2/c1-3-8(2)14-7-13-10-6-4-5-9(11(10)14)12(15)16/h4-8H,3H2,1-2H3,(H,15,16). The van der Waals surface area contributed by atoms with Gasteiger partial charge in [-0.05, 0) is 25.5 Å². The maximum absolute atomic E-state index is 11.1. The van der Waals surface area contributed by atoms with Crippen molar-refractivity contribution >= 4 is 17.0 Å². The van der Waals surface area contributed by atoms with Gasteiger partial charge in [-0.3, -0.25) is 0 Å². The third kappa shape index (κ3) is 1.56. The van der Waals surface area contributed by atoms with E-state index in [-0.39, 0.29) is 6.04 Å². The van der Waals surface area contributed by atoms with E-state index >= 15 is 0 Å². The third-order valence-electron chi connectivity index (χ3n) is 2.89. The molecule has 0 saturated heterocycles. The van der Waals surface area contributed by atoms with Gasteiger partial charge in [-0.15, -0.1) is 0 Å². The van der Waals surface area contributed by atoms with Crippen LogP contribution in [0.3, 0.4) is 0 Å². The second kappa shape index (κ2) is 3.96. The van der Waals surface area contributed by atoms with Crippen molar-refractivity contribution in [2.24, 2.45) is 0 Å². The average molecular weight is 218 g/mol. The predicted molar refractivity (Wildman–Crippen MR) is 61.7 cm³/mol. The number of carboxylic acids is 1. The smallest absolute Gasteiger partial charge is 0.337 e. The fourth-order valence-electron chi connectivity index (χ4n) is 1.79. The van der Waals surface area contributed by atoms with E-state index in [1.54, 1.807) is 18.5 Å². The first-order valence-corrected chi connectivity index (χ1v) is 5.34. The van der Waals surface area contributed by atoms with Gasteiger partial charge in [-0.25, -0.2) is 9.78 Å². The van der Waals surface area contributed by atoms with Gasteiger partial charge in [0.05, 0.1) is 22.9 Å². The minimum absolute atomic E-state index is 0.255. The zero-order chi connectivity index (χ0) is 11.7. The predicted octanol–water partition coefficient (Wildman–Crippen LogP) is 2.71. The van der Waals surface area contributed by atoms with Crippen molar-refractivity contribution in [3.05, 3.63) is 30.1 Å². The van der Waals surface area contributed by atoms with Crippen LogP contribution in [0.15, 0.2) is 24.5 Å². The summed E-state index contributed by atoms with van der Waals surface area (Å²) in [6, 6.07) is 5.43. The Hall–Kier alpha value is -1.84. The number of hydrogen-bond donors (Lipinski definition) is 1. The molecule has 4 heteroatoms. The largest absolute Gasteiger partial charge is 0.478 e. The second-order valence-electron chi connectivity index (χ2n) is 3.89. The summed E-state index contributed by atoms with van der Waals surface area (Å²) < 4.78 is 1.93. The molecule has 4 nitrogen and oxygen atoms in total. The van der Waals surface area contributed by atoms with Gasteiger partial charge >= 0.3 is 5.97 Å². The zero-order valence-electron chi connectivity index (χ0n) is 9.34. The number of hydrogen-bond acceptors (Lipinski definition) is 2. The summed E-state index contributed by atoms with van der Waals surface area (Å²) in [6.45, 7) is 4.12.